The molecule has 2 rings (SSSR count). The highest BCUT2D eigenvalue weighted by Gasteiger charge is 2.11. The second-order valence-electron chi connectivity index (χ2n) is 4.27. The molecule has 19 heavy (non-hydrogen) atoms. The predicted octanol–water partition coefficient (Wildman–Crippen LogP) is 1.49. The number of nitrogens with two attached hydrogens (primary N) is 1. The summed E-state index contributed by atoms with van der Waals surface area (Å²) in [6.07, 6.45) is 3.34. The molecule has 1 aromatic heterocycles. The van der Waals surface area contributed by atoms with Crippen molar-refractivity contribution in [3.05, 3.63) is 52.6 Å². The van der Waals surface area contributed by atoms with Gasteiger partial charge in [-0.1, -0.05) is 12.1 Å². The zero-order chi connectivity index (χ0) is 13.8. The third-order valence-corrected chi connectivity index (χ3v) is 3.11. The number of nitrogens with zero attached hydrogens (tertiary/aromatic N) is 3. The Morgan fingerprint density at radius 2 is 2.00 bits per heavy atom. The Kier molecular flexibility index (Phi) is 3.97. The lowest BCUT2D eigenvalue weighted by molar-refractivity contribution is 0.716. The predicted molar refractivity (Wildman–Crippen MR) is 76.6 cm³/mol. The summed E-state index contributed by atoms with van der Waals surface area (Å²) in [5.41, 5.74) is 7.45. The van der Waals surface area contributed by atoms with Crippen molar-refractivity contribution in [2.24, 2.45) is 5.73 Å². The van der Waals surface area contributed by atoms with Crippen molar-refractivity contribution in [2.75, 3.05) is 11.9 Å². The molecular weight excluding hydrogens is 240 g/mol. The largest absolute Gasteiger partial charge is 0.326 e. The molecule has 0 saturated carbocycles. The van der Waals surface area contributed by atoms with Gasteiger partial charge in [0.15, 0.2) is 5.82 Å². The molecule has 5 nitrogen and oxygen atoms in total. The third-order valence-electron chi connectivity index (χ3n) is 3.11. The maximum absolute atomic E-state index is 12.2. The lowest BCUT2D eigenvalue weighted by atomic mass is 10.2. The van der Waals surface area contributed by atoms with E-state index in [4.69, 9.17) is 5.73 Å². The standard InChI is InChI=1S/C14H18N4O/c1-3-18-9-8-16-13(14(18)19)17(2)12-6-4-11(10-15)5-7-12/h4-9H,3,10,15H2,1-2H3. The Balaban J connectivity index is 2.38. The van der Waals surface area contributed by atoms with Gasteiger partial charge in [-0.2, -0.15) is 0 Å². The van der Waals surface area contributed by atoms with Crippen LogP contribution in [0.1, 0.15) is 12.5 Å². The van der Waals surface area contributed by atoms with Crippen molar-refractivity contribution in [3.63, 3.8) is 0 Å². The number of benzene rings is 1. The minimum absolute atomic E-state index is 0.0876. The van der Waals surface area contributed by atoms with Crippen LogP contribution in [0.15, 0.2) is 41.5 Å². The second kappa shape index (κ2) is 5.67. The summed E-state index contributed by atoms with van der Waals surface area (Å²) in [6.45, 7) is 3.08. The first-order valence-electron chi connectivity index (χ1n) is 6.25. The fraction of sp³-hybridized carbons (Fsp3) is 0.286. The molecule has 0 aliphatic rings. The summed E-state index contributed by atoms with van der Waals surface area (Å²) < 4.78 is 1.63. The summed E-state index contributed by atoms with van der Waals surface area (Å²) in [6, 6.07) is 7.78. The smallest absolute Gasteiger partial charge is 0.293 e. The van der Waals surface area contributed by atoms with Crippen LogP contribution in [0.5, 0.6) is 0 Å². The Labute approximate surface area is 112 Å². The number of aryl methyl sites for hydroxylation is 1. The van der Waals surface area contributed by atoms with Crippen LogP contribution in [0.25, 0.3) is 0 Å². The molecule has 5 heteroatoms. The Bertz CT molecular complexity index is 604. The van der Waals surface area contributed by atoms with Gasteiger partial charge in [-0.15, -0.1) is 0 Å². The van der Waals surface area contributed by atoms with Gasteiger partial charge in [0, 0.05) is 38.2 Å². The van der Waals surface area contributed by atoms with Crippen LogP contribution >= 0.6 is 0 Å². The number of hydrogen-bond acceptors (Lipinski definition) is 4. The number of rotatable bonds is 4. The minimum Gasteiger partial charge on any atom is -0.326 e. The Morgan fingerprint density at radius 1 is 1.32 bits per heavy atom. The topological polar surface area (TPSA) is 64.2 Å². The normalized spacial score (nSPS) is 10.5. The highest BCUT2D eigenvalue weighted by molar-refractivity contribution is 5.58. The maximum atomic E-state index is 12.2. The lowest BCUT2D eigenvalue weighted by Crippen LogP contribution is -2.27. The van der Waals surface area contributed by atoms with E-state index in [-0.39, 0.29) is 5.56 Å². The second-order valence-corrected chi connectivity index (χ2v) is 4.27. The van der Waals surface area contributed by atoms with Gasteiger partial charge in [0.1, 0.15) is 0 Å². The molecule has 2 aromatic rings. The molecule has 0 saturated heterocycles. The summed E-state index contributed by atoms with van der Waals surface area (Å²) in [7, 11) is 1.83. The molecule has 0 radical (unpaired) electrons. The number of hydrogen-bond donors (Lipinski definition) is 1. The van der Waals surface area contributed by atoms with Crippen LogP contribution in [0, 0.1) is 0 Å². The molecule has 0 amide bonds. The van der Waals surface area contributed by atoms with Gasteiger partial charge < -0.3 is 15.2 Å². The summed E-state index contributed by atoms with van der Waals surface area (Å²) >= 11 is 0. The van der Waals surface area contributed by atoms with E-state index >= 15 is 0 Å². The average Bonchev–Trinajstić information content (AvgIpc) is 2.47. The molecule has 0 bridgehead atoms. The van der Waals surface area contributed by atoms with E-state index in [0.29, 0.717) is 18.9 Å². The molecular formula is C14H18N4O. The summed E-state index contributed by atoms with van der Waals surface area (Å²) in [5.74, 6) is 0.421. The average molecular weight is 258 g/mol. The van der Waals surface area contributed by atoms with E-state index in [1.165, 1.54) is 0 Å². The van der Waals surface area contributed by atoms with E-state index in [2.05, 4.69) is 4.98 Å². The fourth-order valence-electron chi connectivity index (χ4n) is 1.89. The molecule has 1 heterocycles. The number of aromatic nitrogens is 2. The fourth-order valence-corrected chi connectivity index (χ4v) is 1.89. The highest BCUT2D eigenvalue weighted by atomic mass is 16.1. The maximum Gasteiger partial charge on any atom is 0.293 e. The van der Waals surface area contributed by atoms with Crippen molar-refractivity contribution in [3.8, 4) is 0 Å². The SMILES string of the molecule is CCn1ccnc(N(C)c2ccc(CN)cc2)c1=O. The Hall–Kier alpha value is -2.14. The molecule has 0 fully saturated rings. The molecule has 0 spiro atoms. The quantitative estimate of drug-likeness (QED) is 0.902. The first-order valence-corrected chi connectivity index (χ1v) is 6.25. The highest BCUT2D eigenvalue weighted by Crippen LogP contribution is 2.19. The van der Waals surface area contributed by atoms with Crippen LogP contribution < -0.4 is 16.2 Å². The molecule has 0 aliphatic heterocycles. The molecule has 1 aromatic carbocycles. The molecule has 2 N–H and O–H groups in total. The monoisotopic (exact) mass is 258 g/mol. The van der Waals surface area contributed by atoms with Crippen LogP contribution in [0.4, 0.5) is 11.5 Å². The Morgan fingerprint density at radius 3 is 2.58 bits per heavy atom. The van der Waals surface area contributed by atoms with E-state index in [1.54, 1.807) is 21.9 Å². The van der Waals surface area contributed by atoms with Gasteiger partial charge >= 0.3 is 0 Å². The molecule has 0 aliphatic carbocycles. The van der Waals surface area contributed by atoms with Gasteiger partial charge in [0.2, 0.25) is 0 Å². The first kappa shape index (κ1) is 13.3. The van der Waals surface area contributed by atoms with E-state index in [1.807, 2.05) is 38.2 Å². The van der Waals surface area contributed by atoms with Crippen LogP contribution in [0.3, 0.4) is 0 Å². The van der Waals surface area contributed by atoms with Crippen molar-refractivity contribution < 1.29 is 0 Å². The zero-order valence-electron chi connectivity index (χ0n) is 11.2. The molecule has 0 atom stereocenters. The van der Waals surface area contributed by atoms with Gasteiger partial charge in [0.25, 0.3) is 5.56 Å². The molecule has 0 unspecified atom stereocenters. The minimum atomic E-state index is -0.0876. The van der Waals surface area contributed by atoms with E-state index in [9.17, 15) is 4.79 Å². The van der Waals surface area contributed by atoms with Crippen LogP contribution in [-0.2, 0) is 13.1 Å². The van der Waals surface area contributed by atoms with Crippen LogP contribution in [0.2, 0.25) is 0 Å². The third kappa shape index (κ3) is 2.66. The number of anilines is 2. The van der Waals surface area contributed by atoms with E-state index in [0.717, 1.165) is 11.3 Å². The van der Waals surface area contributed by atoms with Crippen molar-refractivity contribution in [1.82, 2.24) is 9.55 Å². The summed E-state index contributed by atoms with van der Waals surface area (Å²) in [5, 5.41) is 0. The molecule has 100 valence electrons. The van der Waals surface area contributed by atoms with E-state index < -0.39 is 0 Å². The first-order chi connectivity index (χ1) is 9.17. The van der Waals surface area contributed by atoms with Gasteiger partial charge in [0.05, 0.1) is 0 Å². The zero-order valence-corrected chi connectivity index (χ0v) is 11.2. The van der Waals surface area contributed by atoms with Crippen LogP contribution in [-0.4, -0.2) is 16.6 Å². The lowest BCUT2D eigenvalue weighted by Gasteiger charge is -2.18. The summed E-state index contributed by atoms with van der Waals surface area (Å²) in [4.78, 5) is 18.1. The van der Waals surface area contributed by atoms with Gasteiger partial charge in [-0.3, -0.25) is 4.79 Å². The van der Waals surface area contributed by atoms with Crippen molar-refractivity contribution in [1.29, 1.82) is 0 Å². The van der Waals surface area contributed by atoms with Crippen molar-refractivity contribution in [2.45, 2.75) is 20.0 Å². The van der Waals surface area contributed by atoms with Gasteiger partial charge in [-0.25, -0.2) is 4.98 Å². The van der Waals surface area contributed by atoms with Crippen molar-refractivity contribution >= 4 is 11.5 Å². The van der Waals surface area contributed by atoms with Gasteiger partial charge in [-0.05, 0) is 24.6 Å².